The summed E-state index contributed by atoms with van der Waals surface area (Å²) >= 11 is 0. The van der Waals surface area contributed by atoms with Gasteiger partial charge in [-0.05, 0) is 77.1 Å². The van der Waals surface area contributed by atoms with Crippen molar-refractivity contribution in [2.24, 2.45) is 0 Å². The number of hydrogen-bond donors (Lipinski definition) is 0. The lowest BCUT2D eigenvalue weighted by atomic mass is 9.96. The maximum absolute atomic E-state index is 15.2. The zero-order valence-corrected chi connectivity index (χ0v) is 20.3. The highest BCUT2D eigenvalue weighted by Gasteiger charge is 2.34. The van der Waals surface area contributed by atoms with E-state index < -0.39 is 29.6 Å². The molecule has 0 bridgehead atoms. The van der Waals surface area contributed by atoms with E-state index >= 15 is 4.39 Å². The zero-order chi connectivity index (χ0) is 26.6. The molecule has 4 rings (SSSR count). The van der Waals surface area contributed by atoms with Crippen LogP contribution in [0.5, 0.6) is 5.75 Å². The first-order chi connectivity index (χ1) is 17.6. The molecule has 0 spiro atoms. The van der Waals surface area contributed by atoms with Crippen LogP contribution < -0.4 is 4.74 Å². The Kier molecular flexibility index (Phi) is 8.10. The van der Waals surface area contributed by atoms with Crippen LogP contribution in [0, 0.1) is 17.5 Å². The molecule has 0 heterocycles. The Hall–Kier alpha value is -3.48. The van der Waals surface area contributed by atoms with Gasteiger partial charge in [0.1, 0.15) is 5.82 Å². The number of halogens is 6. The molecule has 0 atom stereocenters. The van der Waals surface area contributed by atoms with Crippen molar-refractivity contribution in [2.45, 2.75) is 51.8 Å². The van der Waals surface area contributed by atoms with Crippen LogP contribution in [0.25, 0.3) is 21.9 Å². The highest BCUT2D eigenvalue weighted by atomic mass is 19.4. The highest BCUT2D eigenvalue weighted by Crippen LogP contribution is 2.31. The van der Waals surface area contributed by atoms with Gasteiger partial charge in [0.25, 0.3) is 0 Å². The van der Waals surface area contributed by atoms with Gasteiger partial charge in [-0.15, -0.1) is 13.2 Å². The first-order valence-electron chi connectivity index (χ1n) is 12.2. The van der Waals surface area contributed by atoms with E-state index in [0.29, 0.717) is 10.9 Å². The molecule has 0 N–H and O–H groups in total. The van der Waals surface area contributed by atoms with E-state index in [1.807, 2.05) is 12.1 Å². The van der Waals surface area contributed by atoms with E-state index in [1.165, 1.54) is 18.4 Å². The van der Waals surface area contributed by atoms with Crippen LogP contribution in [0.15, 0.2) is 66.7 Å². The van der Waals surface area contributed by atoms with Crippen molar-refractivity contribution in [3.05, 3.63) is 101 Å². The number of aryl methyl sites for hydroxylation is 3. The van der Waals surface area contributed by atoms with Gasteiger partial charge in [0.2, 0.25) is 5.75 Å². The molecule has 0 aliphatic carbocycles. The fourth-order valence-corrected chi connectivity index (χ4v) is 4.40. The third kappa shape index (κ3) is 6.64. The Morgan fingerprint density at radius 3 is 2.00 bits per heavy atom. The molecule has 0 aromatic heterocycles. The Labute approximate surface area is 211 Å². The van der Waals surface area contributed by atoms with E-state index in [1.54, 1.807) is 18.2 Å². The molecule has 37 heavy (non-hydrogen) atoms. The molecule has 0 unspecified atom stereocenters. The van der Waals surface area contributed by atoms with E-state index in [4.69, 9.17) is 0 Å². The van der Waals surface area contributed by atoms with Crippen LogP contribution >= 0.6 is 0 Å². The van der Waals surface area contributed by atoms with Crippen molar-refractivity contribution < 1.29 is 31.1 Å². The van der Waals surface area contributed by atoms with Crippen molar-refractivity contribution in [1.82, 2.24) is 0 Å². The van der Waals surface area contributed by atoms with Gasteiger partial charge in [-0.3, -0.25) is 0 Å². The van der Waals surface area contributed by atoms with Gasteiger partial charge in [0, 0.05) is 5.39 Å². The summed E-state index contributed by atoms with van der Waals surface area (Å²) in [5.74, 6) is -4.87. The number of fused-ring (bicyclic) bond motifs is 1. The second-order valence-electron chi connectivity index (χ2n) is 9.07. The summed E-state index contributed by atoms with van der Waals surface area (Å²) in [6.45, 7) is 2.18. The summed E-state index contributed by atoms with van der Waals surface area (Å²) in [5.41, 5.74) is 3.72. The Balaban J connectivity index is 1.49. The minimum Gasteiger partial charge on any atom is -0.399 e. The molecule has 0 amide bonds. The maximum Gasteiger partial charge on any atom is 0.573 e. The number of rotatable bonds is 9. The molecule has 4 aromatic rings. The van der Waals surface area contributed by atoms with Crippen molar-refractivity contribution >= 4 is 10.8 Å². The van der Waals surface area contributed by atoms with E-state index in [2.05, 4.69) is 35.9 Å². The lowest BCUT2D eigenvalue weighted by molar-refractivity contribution is -0.276. The van der Waals surface area contributed by atoms with Crippen LogP contribution in [-0.2, 0) is 19.3 Å². The van der Waals surface area contributed by atoms with Gasteiger partial charge in [0.05, 0.1) is 0 Å². The molecule has 194 valence electrons. The molecule has 0 radical (unpaired) electrons. The third-order valence-electron chi connectivity index (χ3n) is 6.35. The normalized spacial score (nSPS) is 11.8. The van der Waals surface area contributed by atoms with Crippen molar-refractivity contribution in [3.8, 4) is 16.9 Å². The highest BCUT2D eigenvalue weighted by molar-refractivity contribution is 5.88. The molecular formula is C30H26F6O. The molecule has 4 aromatic carbocycles. The molecule has 1 nitrogen and oxygen atoms in total. The van der Waals surface area contributed by atoms with Crippen LogP contribution in [-0.4, -0.2) is 6.36 Å². The standard InChI is InChI=1S/C30H26F6O/c1-2-3-4-5-19-6-9-21(10-7-19)23-14-15-25-24(18-23)13-12-22(28(25)33)11-8-20-16-26(31)29(27(32)17-20)37-30(34,35)36/h6-7,9-10,12-18H,2-5,8,11H2,1H3. The number of unbranched alkanes of at least 4 members (excludes halogenated alkanes) is 2. The summed E-state index contributed by atoms with van der Waals surface area (Å²) in [7, 11) is 0. The topological polar surface area (TPSA) is 9.23 Å². The first kappa shape index (κ1) is 26.6. The number of hydrogen-bond acceptors (Lipinski definition) is 1. The van der Waals surface area contributed by atoms with Gasteiger partial charge in [0.15, 0.2) is 11.6 Å². The average molecular weight is 517 g/mol. The van der Waals surface area contributed by atoms with Gasteiger partial charge in [-0.2, -0.15) is 0 Å². The van der Waals surface area contributed by atoms with Gasteiger partial charge >= 0.3 is 6.36 Å². The van der Waals surface area contributed by atoms with Gasteiger partial charge in [-0.1, -0.05) is 68.3 Å². The van der Waals surface area contributed by atoms with Crippen LogP contribution in [0.2, 0.25) is 0 Å². The molecule has 0 aliphatic rings. The minimum absolute atomic E-state index is 0.0330. The summed E-state index contributed by atoms with van der Waals surface area (Å²) < 4.78 is 83.6. The summed E-state index contributed by atoms with van der Waals surface area (Å²) in [6, 6.07) is 18.8. The van der Waals surface area contributed by atoms with E-state index in [0.717, 1.165) is 41.5 Å². The van der Waals surface area contributed by atoms with Crippen LogP contribution in [0.4, 0.5) is 26.3 Å². The van der Waals surface area contributed by atoms with Crippen LogP contribution in [0.3, 0.4) is 0 Å². The number of ether oxygens (including phenoxy) is 1. The average Bonchev–Trinajstić information content (AvgIpc) is 2.86. The zero-order valence-electron chi connectivity index (χ0n) is 20.3. The lowest BCUT2D eigenvalue weighted by Gasteiger charge is -2.12. The fraction of sp³-hybridized carbons (Fsp3) is 0.267. The molecule has 0 saturated carbocycles. The van der Waals surface area contributed by atoms with Crippen molar-refractivity contribution in [2.75, 3.05) is 0 Å². The number of alkyl halides is 3. The molecule has 0 fully saturated rings. The molecule has 0 saturated heterocycles. The molecule has 0 aliphatic heterocycles. The quantitative estimate of drug-likeness (QED) is 0.159. The monoisotopic (exact) mass is 516 g/mol. The van der Waals surface area contributed by atoms with Gasteiger partial charge < -0.3 is 4.74 Å². The predicted octanol–water partition coefficient (Wildman–Crippen LogP) is 9.34. The van der Waals surface area contributed by atoms with E-state index in [-0.39, 0.29) is 18.4 Å². The van der Waals surface area contributed by atoms with Gasteiger partial charge in [-0.25, -0.2) is 13.2 Å². The second-order valence-corrected chi connectivity index (χ2v) is 9.07. The lowest BCUT2D eigenvalue weighted by Crippen LogP contribution is -2.19. The minimum atomic E-state index is -5.21. The SMILES string of the molecule is CCCCCc1ccc(-c2ccc3c(F)c(CCc4cc(F)c(OC(F)(F)F)c(F)c4)ccc3c2)cc1. The van der Waals surface area contributed by atoms with E-state index in [9.17, 15) is 22.0 Å². The first-order valence-corrected chi connectivity index (χ1v) is 12.2. The smallest absolute Gasteiger partial charge is 0.399 e. The Morgan fingerprint density at radius 1 is 0.676 bits per heavy atom. The maximum atomic E-state index is 15.2. The second kappa shape index (κ2) is 11.3. The fourth-order valence-electron chi connectivity index (χ4n) is 4.40. The number of benzene rings is 4. The largest absolute Gasteiger partial charge is 0.573 e. The van der Waals surface area contributed by atoms with Crippen molar-refractivity contribution in [1.29, 1.82) is 0 Å². The summed E-state index contributed by atoms with van der Waals surface area (Å²) in [4.78, 5) is 0. The molecular weight excluding hydrogens is 490 g/mol. The Morgan fingerprint density at radius 2 is 1.35 bits per heavy atom. The third-order valence-corrected chi connectivity index (χ3v) is 6.35. The van der Waals surface area contributed by atoms with Crippen molar-refractivity contribution in [3.63, 3.8) is 0 Å². The predicted molar refractivity (Wildman–Crippen MR) is 133 cm³/mol. The van der Waals surface area contributed by atoms with Crippen LogP contribution in [0.1, 0.15) is 42.9 Å². The summed E-state index contributed by atoms with van der Waals surface area (Å²) in [6.07, 6.45) is -0.476. The molecule has 7 heteroatoms. The Bertz CT molecular complexity index is 1350. The summed E-state index contributed by atoms with van der Waals surface area (Å²) in [5, 5.41) is 1.14.